The second kappa shape index (κ2) is 5.87. The lowest BCUT2D eigenvalue weighted by Crippen LogP contribution is -2.51. The van der Waals surface area contributed by atoms with Crippen molar-refractivity contribution in [1.82, 2.24) is 4.90 Å². The van der Waals surface area contributed by atoms with Crippen molar-refractivity contribution >= 4 is 0 Å². The summed E-state index contributed by atoms with van der Waals surface area (Å²) in [6.07, 6.45) is 8.19. The number of piperidine rings is 1. The zero-order valence-electron chi connectivity index (χ0n) is 12.6. The summed E-state index contributed by atoms with van der Waals surface area (Å²) >= 11 is 0. The number of nitrogens with zero attached hydrogens (tertiary/aromatic N) is 1. The van der Waals surface area contributed by atoms with E-state index in [0.717, 1.165) is 24.6 Å². The Balaban J connectivity index is 1.72. The Morgan fingerprint density at radius 2 is 1.80 bits per heavy atom. The molecule has 3 atom stereocenters. The third-order valence-corrected chi connectivity index (χ3v) is 5.26. The first-order valence-corrected chi connectivity index (χ1v) is 8.19. The molecular weight excluding hydrogens is 246 g/mol. The zero-order chi connectivity index (χ0) is 14.0. The first kappa shape index (κ1) is 14.1. The molecule has 2 heteroatoms. The Morgan fingerprint density at radius 1 is 1.10 bits per heavy atom. The molecule has 0 aromatic heterocycles. The Bertz CT molecular complexity index is 426. The summed E-state index contributed by atoms with van der Waals surface area (Å²) in [5.41, 5.74) is 0.304. The van der Waals surface area contributed by atoms with Crippen LogP contribution in [-0.2, 0) is 5.60 Å². The lowest BCUT2D eigenvalue weighted by Gasteiger charge is -2.46. The Labute approximate surface area is 122 Å². The first-order chi connectivity index (χ1) is 9.67. The summed E-state index contributed by atoms with van der Waals surface area (Å²) < 4.78 is 0. The molecule has 3 unspecified atom stereocenters. The maximum Gasteiger partial charge on any atom is 0.0994 e. The second-order valence-electron chi connectivity index (χ2n) is 6.86. The van der Waals surface area contributed by atoms with E-state index in [9.17, 15) is 5.11 Å². The predicted molar refractivity (Wildman–Crippen MR) is 82.6 cm³/mol. The third-order valence-electron chi connectivity index (χ3n) is 5.26. The van der Waals surface area contributed by atoms with Crippen LogP contribution in [0.2, 0.25) is 0 Å². The number of hydrogen-bond donors (Lipinski definition) is 1. The van der Waals surface area contributed by atoms with Crippen LogP contribution in [0.1, 0.15) is 51.0 Å². The molecule has 3 rings (SSSR count). The minimum atomic E-state index is -0.736. The van der Waals surface area contributed by atoms with Gasteiger partial charge in [-0.3, -0.25) is 4.90 Å². The van der Waals surface area contributed by atoms with Crippen molar-refractivity contribution in [2.24, 2.45) is 5.92 Å². The molecule has 1 saturated heterocycles. The van der Waals surface area contributed by atoms with E-state index in [1.54, 1.807) is 0 Å². The summed E-state index contributed by atoms with van der Waals surface area (Å²) in [6, 6.07) is 10.8. The molecule has 0 amide bonds. The highest BCUT2D eigenvalue weighted by molar-refractivity contribution is 5.22. The molecule has 1 aliphatic heterocycles. The van der Waals surface area contributed by atoms with Crippen LogP contribution in [0.5, 0.6) is 0 Å². The van der Waals surface area contributed by atoms with Gasteiger partial charge < -0.3 is 5.11 Å². The van der Waals surface area contributed by atoms with Crippen molar-refractivity contribution in [2.45, 2.75) is 57.1 Å². The first-order valence-electron chi connectivity index (χ1n) is 8.19. The molecular formula is C18H27NO. The van der Waals surface area contributed by atoms with Crippen LogP contribution in [-0.4, -0.2) is 29.1 Å². The van der Waals surface area contributed by atoms with Crippen molar-refractivity contribution in [3.05, 3.63) is 35.9 Å². The summed E-state index contributed by atoms with van der Waals surface area (Å²) in [5.74, 6) is 0.879. The van der Waals surface area contributed by atoms with E-state index in [-0.39, 0.29) is 0 Å². The molecule has 2 nitrogen and oxygen atoms in total. The molecule has 1 N–H and O–H groups in total. The summed E-state index contributed by atoms with van der Waals surface area (Å²) in [5, 5.41) is 10.9. The van der Waals surface area contributed by atoms with E-state index in [4.69, 9.17) is 0 Å². The number of hydrogen-bond acceptors (Lipinski definition) is 2. The standard InChI is InChI=1S/C18H27NO/c1-18(20,16-10-3-2-4-11-16)14-19-13-7-9-15-8-5-6-12-17(15)19/h2-4,10-11,15,17,20H,5-9,12-14H2,1H3. The Morgan fingerprint density at radius 3 is 2.60 bits per heavy atom. The van der Waals surface area contributed by atoms with Gasteiger partial charge in [0.1, 0.15) is 0 Å². The molecule has 1 aliphatic carbocycles. The van der Waals surface area contributed by atoms with Crippen molar-refractivity contribution < 1.29 is 5.11 Å². The summed E-state index contributed by atoms with van der Waals surface area (Å²) in [4.78, 5) is 2.57. The SMILES string of the molecule is CC(O)(CN1CCCC2CCCCC21)c1ccccc1. The van der Waals surface area contributed by atoms with Gasteiger partial charge in [0.25, 0.3) is 0 Å². The minimum Gasteiger partial charge on any atom is -0.384 e. The van der Waals surface area contributed by atoms with E-state index in [2.05, 4.69) is 4.90 Å². The van der Waals surface area contributed by atoms with Gasteiger partial charge in [-0.2, -0.15) is 0 Å². The van der Waals surface area contributed by atoms with E-state index in [1.807, 2.05) is 37.3 Å². The highest BCUT2D eigenvalue weighted by atomic mass is 16.3. The van der Waals surface area contributed by atoms with Crippen LogP contribution < -0.4 is 0 Å². The molecule has 0 bridgehead atoms. The molecule has 2 fully saturated rings. The van der Waals surface area contributed by atoms with E-state index in [0.29, 0.717) is 6.04 Å². The van der Waals surface area contributed by atoms with Crippen LogP contribution >= 0.6 is 0 Å². The van der Waals surface area contributed by atoms with Crippen molar-refractivity contribution in [1.29, 1.82) is 0 Å². The average molecular weight is 273 g/mol. The van der Waals surface area contributed by atoms with Crippen LogP contribution in [0.4, 0.5) is 0 Å². The highest BCUT2D eigenvalue weighted by Crippen LogP contribution is 2.36. The normalized spacial score (nSPS) is 30.5. The van der Waals surface area contributed by atoms with Crippen molar-refractivity contribution in [3.63, 3.8) is 0 Å². The minimum absolute atomic E-state index is 0.715. The number of likely N-dealkylation sites (tertiary alicyclic amines) is 1. The van der Waals surface area contributed by atoms with Gasteiger partial charge in [0.05, 0.1) is 5.60 Å². The lowest BCUT2D eigenvalue weighted by atomic mass is 9.77. The summed E-state index contributed by atoms with van der Waals surface area (Å²) in [6.45, 7) is 3.90. The number of benzene rings is 1. The molecule has 1 saturated carbocycles. The number of fused-ring (bicyclic) bond motifs is 1. The number of rotatable bonds is 3. The number of β-amino-alcohol motifs (C(OH)–C–C–N with tert-alkyl or cyclic N) is 1. The van der Waals surface area contributed by atoms with E-state index >= 15 is 0 Å². The van der Waals surface area contributed by atoms with Gasteiger partial charge in [-0.1, -0.05) is 43.2 Å². The third kappa shape index (κ3) is 2.91. The van der Waals surface area contributed by atoms with Gasteiger partial charge in [0.15, 0.2) is 0 Å². The van der Waals surface area contributed by atoms with E-state index < -0.39 is 5.60 Å². The topological polar surface area (TPSA) is 23.5 Å². The van der Waals surface area contributed by atoms with Crippen molar-refractivity contribution in [2.75, 3.05) is 13.1 Å². The molecule has 1 aromatic carbocycles. The Hall–Kier alpha value is -0.860. The average Bonchev–Trinajstić information content (AvgIpc) is 2.48. The smallest absolute Gasteiger partial charge is 0.0994 e. The quantitative estimate of drug-likeness (QED) is 0.910. The van der Waals surface area contributed by atoms with Crippen LogP contribution in [0, 0.1) is 5.92 Å². The highest BCUT2D eigenvalue weighted by Gasteiger charge is 2.36. The second-order valence-corrected chi connectivity index (χ2v) is 6.86. The van der Waals surface area contributed by atoms with Gasteiger partial charge in [-0.15, -0.1) is 0 Å². The van der Waals surface area contributed by atoms with Crippen LogP contribution in [0.25, 0.3) is 0 Å². The molecule has 0 radical (unpaired) electrons. The molecule has 0 spiro atoms. The van der Waals surface area contributed by atoms with Gasteiger partial charge in [0, 0.05) is 12.6 Å². The lowest BCUT2D eigenvalue weighted by molar-refractivity contribution is -0.0301. The molecule has 20 heavy (non-hydrogen) atoms. The monoisotopic (exact) mass is 273 g/mol. The predicted octanol–water partition coefficient (Wildman–Crippen LogP) is 3.55. The maximum atomic E-state index is 10.9. The summed E-state index contributed by atoms with van der Waals surface area (Å²) in [7, 11) is 0. The molecule has 1 aromatic rings. The fourth-order valence-corrected chi connectivity index (χ4v) is 4.21. The molecule has 110 valence electrons. The molecule has 2 aliphatic rings. The van der Waals surface area contributed by atoms with Crippen LogP contribution in [0.3, 0.4) is 0 Å². The van der Waals surface area contributed by atoms with Gasteiger partial charge in [-0.25, -0.2) is 0 Å². The molecule has 1 heterocycles. The largest absolute Gasteiger partial charge is 0.384 e. The number of aliphatic hydroxyl groups is 1. The van der Waals surface area contributed by atoms with Crippen LogP contribution in [0.15, 0.2) is 30.3 Å². The fourth-order valence-electron chi connectivity index (χ4n) is 4.21. The van der Waals surface area contributed by atoms with Gasteiger partial charge in [-0.05, 0) is 50.6 Å². The Kier molecular flexibility index (Phi) is 4.13. The van der Waals surface area contributed by atoms with Gasteiger partial charge >= 0.3 is 0 Å². The van der Waals surface area contributed by atoms with Gasteiger partial charge in [0.2, 0.25) is 0 Å². The maximum absolute atomic E-state index is 10.9. The van der Waals surface area contributed by atoms with Crippen molar-refractivity contribution in [3.8, 4) is 0 Å². The zero-order valence-corrected chi connectivity index (χ0v) is 12.6. The van der Waals surface area contributed by atoms with E-state index in [1.165, 1.54) is 38.5 Å². The fraction of sp³-hybridized carbons (Fsp3) is 0.667.